The van der Waals surface area contributed by atoms with E-state index in [4.69, 9.17) is 4.98 Å². The van der Waals surface area contributed by atoms with E-state index in [2.05, 4.69) is 23.5 Å². The first-order chi connectivity index (χ1) is 13.3. The average Bonchev–Trinajstić information content (AvgIpc) is 3.19. The van der Waals surface area contributed by atoms with Gasteiger partial charge in [0.25, 0.3) is 5.56 Å². The first kappa shape index (κ1) is 18.5. The van der Waals surface area contributed by atoms with Crippen LogP contribution in [0.2, 0.25) is 0 Å². The maximum Gasteiger partial charge on any atom is 0.278 e. The van der Waals surface area contributed by atoms with E-state index in [0.29, 0.717) is 11.7 Å². The van der Waals surface area contributed by atoms with E-state index in [1.54, 1.807) is 10.8 Å². The zero-order valence-corrected chi connectivity index (χ0v) is 16.6. The highest BCUT2D eigenvalue weighted by atomic mass is 32.2. The minimum absolute atomic E-state index is 0.223. The van der Waals surface area contributed by atoms with Gasteiger partial charge < -0.3 is 0 Å². The lowest BCUT2D eigenvalue weighted by atomic mass is 10.0. The van der Waals surface area contributed by atoms with Gasteiger partial charge in [-0.25, -0.2) is 27.7 Å². The number of aryl methyl sites for hydroxylation is 1. The van der Waals surface area contributed by atoms with Crippen molar-refractivity contribution in [3.8, 4) is 5.82 Å². The summed E-state index contributed by atoms with van der Waals surface area (Å²) in [5.74, 6) is 0.920. The zero-order valence-electron chi connectivity index (χ0n) is 15.8. The first-order valence-electron chi connectivity index (χ1n) is 9.14. The van der Waals surface area contributed by atoms with E-state index < -0.39 is 9.84 Å². The van der Waals surface area contributed by atoms with Gasteiger partial charge in [0.05, 0.1) is 6.54 Å². The predicted octanol–water partition coefficient (Wildman–Crippen LogP) is 2.01. The molecule has 1 unspecified atom stereocenters. The Hall–Kier alpha value is -2.81. The highest BCUT2D eigenvalue weighted by molar-refractivity contribution is 7.90. The molecular formula is C19H21N5O3S. The van der Waals surface area contributed by atoms with E-state index in [9.17, 15) is 13.2 Å². The van der Waals surface area contributed by atoms with Crippen molar-refractivity contribution >= 4 is 20.9 Å². The van der Waals surface area contributed by atoms with Crippen molar-refractivity contribution < 1.29 is 8.42 Å². The minimum Gasteiger partial charge on any atom is -0.267 e. The fourth-order valence-corrected chi connectivity index (χ4v) is 4.25. The molecule has 0 radical (unpaired) electrons. The first-order valence-corrected chi connectivity index (χ1v) is 11.0. The van der Waals surface area contributed by atoms with E-state index in [-0.39, 0.29) is 28.3 Å². The number of fused-ring (bicyclic) bond motifs is 2. The second-order valence-electron chi connectivity index (χ2n) is 7.01. The molecule has 3 aromatic heterocycles. The Balaban J connectivity index is 2.03. The molecule has 1 aliphatic carbocycles. The summed E-state index contributed by atoms with van der Waals surface area (Å²) in [5, 5.41) is -0.0827. The summed E-state index contributed by atoms with van der Waals surface area (Å²) in [6, 6.07) is 3.87. The van der Waals surface area contributed by atoms with Crippen LogP contribution in [0.1, 0.15) is 36.9 Å². The van der Waals surface area contributed by atoms with Crippen LogP contribution in [0, 0.1) is 0 Å². The zero-order chi connectivity index (χ0) is 20.1. The largest absolute Gasteiger partial charge is 0.278 e. The fourth-order valence-electron chi connectivity index (χ4n) is 3.75. The van der Waals surface area contributed by atoms with Crippen LogP contribution in [-0.4, -0.2) is 39.0 Å². The van der Waals surface area contributed by atoms with Gasteiger partial charge in [0.2, 0.25) is 15.0 Å². The predicted molar refractivity (Wildman–Crippen MR) is 106 cm³/mol. The quantitative estimate of drug-likeness (QED) is 0.481. The molecule has 3 heterocycles. The third-order valence-corrected chi connectivity index (χ3v) is 6.00. The monoisotopic (exact) mass is 399 g/mol. The molecule has 4 rings (SSSR count). The van der Waals surface area contributed by atoms with E-state index in [1.165, 1.54) is 16.4 Å². The van der Waals surface area contributed by atoms with Crippen LogP contribution in [-0.2, 0) is 22.8 Å². The van der Waals surface area contributed by atoms with Crippen LogP contribution in [0.15, 0.2) is 40.9 Å². The molecule has 0 bridgehead atoms. The van der Waals surface area contributed by atoms with Crippen molar-refractivity contribution in [2.24, 2.45) is 0 Å². The maximum atomic E-state index is 12.9. The lowest BCUT2D eigenvalue weighted by Gasteiger charge is -2.13. The molecule has 0 aromatic carbocycles. The fraction of sp³-hybridized carbons (Fsp3) is 0.368. The van der Waals surface area contributed by atoms with Crippen molar-refractivity contribution in [1.82, 2.24) is 24.3 Å². The number of hydrogen-bond acceptors (Lipinski definition) is 6. The second kappa shape index (κ2) is 6.66. The lowest BCUT2D eigenvalue weighted by Crippen LogP contribution is -2.22. The van der Waals surface area contributed by atoms with E-state index in [1.807, 2.05) is 12.1 Å². The Morgan fingerprint density at radius 2 is 2.11 bits per heavy atom. The lowest BCUT2D eigenvalue weighted by molar-refractivity contribution is 0.584. The topological polar surface area (TPSA) is 99.7 Å². The van der Waals surface area contributed by atoms with Crippen molar-refractivity contribution in [3.05, 3.63) is 52.6 Å². The van der Waals surface area contributed by atoms with E-state index >= 15 is 0 Å². The molecule has 9 heteroatoms. The smallest absolute Gasteiger partial charge is 0.267 e. The van der Waals surface area contributed by atoms with Gasteiger partial charge in [-0.15, -0.1) is 6.58 Å². The number of sulfone groups is 1. The summed E-state index contributed by atoms with van der Waals surface area (Å²) >= 11 is 0. The van der Waals surface area contributed by atoms with Gasteiger partial charge in [0.1, 0.15) is 5.39 Å². The number of nitrogens with zero attached hydrogens (tertiary/aromatic N) is 5. The van der Waals surface area contributed by atoms with Gasteiger partial charge in [-0.05, 0) is 30.9 Å². The molecule has 0 saturated heterocycles. The van der Waals surface area contributed by atoms with Crippen LogP contribution in [0.5, 0.6) is 0 Å². The van der Waals surface area contributed by atoms with Gasteiger partial charge in [0, 0.05) is 24.1 Å². The van der Waals surface area contributed by atoms with Gasteiger partial charge in [-0.1, -0.05) is 19.1 Å². The molecule has 146 valence electrons. The van der Waals surface area contributed by atoms with Crippen molar-refractivity contribution in [1.29, 1.82) is 0 Å². The normalized spacial score (nSPS) is 16.4. The second-order valence-corrected chi connectivity index (χ2v) is 8.92. The average molecular weight is 399 g/mol. The Morgan fingerprint density at radius 3 is 2.79 bits per heavy atom. The molecule has 0 aliphatic heterocycles. The standard InChI is InChI=1S/C19H21N5O3S/c1-4-10-23-18(25)14-11-20-19(28(3,26)27)22-17(14)24(23)15-9-8-13-7-6-12(5-2)16(13)21-15/h4,8-9,11-12H,1,5-7,10H2,2-3H3. The molecule has 0 fully saturated rings. The molecule has 0 saturated carbocycles. The third-order valence-electron chi connectivity index (χ3n) is 5.14. The van der Waals surface area contributed by atoms with Crippen LogP contribution in [0.3, 0.4) is 0 Å². The Labute approximate surface area is 162 Å². The van der Waals surface area contributed by atoms with Gasteiger partial charge in [-0.2, -0.15) is 4.98 Å². The number of hydrogen-bond donors (Lipinski definition) is 0. The van der Waals surface area contributed by atoms with Gasteiger partial charge in [0.15, 0.2) is 11.5 Å². The van der Waals surface area contributed by atoms with Crippen LogP contribution >= 0.6 is 0 Å². The maximum absolute atomic E-state index is 12.9. The summed E-state index contributed by atoms with van der Waals surface area (Å²) in [7, 11) is -3.62. The molecule has 1 atom stereocenters. The molecule has 3 aromatic rings. The number of pyridine rings is 1. The highest BCUT2D eigenvalue weighted by Crippen LogP contribution is 2.34. The molecule has 0 amide bonds. The summed E-state index contributed by atoms with van der Waals surface area (Å²) in [5.41, 5.74) is 2.16. The Bertz CT molecular complexity index is 1260. The minimum atomic E-state index is -3.62. The van der Waals surface area contributed by atoms with Crippen molar-refractivity contribution in [3.63, 3.8) is 0 Å². The number of allylic oxidation sites excluding steroid dienone is 1. The molecule has 0 spiro atoms. The van der Waals surface area contributed by atoms with Crippen LogP contribution in [0.4, 0.5) is 0 Å². The van der Waals surface area contributed by atoms with Gasteiger partial charge >= 0.3 is 0 Å². The molecule has 1 aliphatic rings. The molecule has 0 N–H and O–H groups in total. The molecular weight excluding hydrogens is 378 g/mol. The SMILES string of the molecule is C=CCn1c(=O)c2cnc(S(C)(=O)=O)nc2n1-c1ccc2c(n1)C(CC)CC2. The summed E-state index contributed by atoms with van der Waals surface area (Å²) in [6.45, 7) is 6.09. The Kier molecular flexibility index (Phi) is 4.41. The molecule has 8 nitrogen and oxygen atoms in total. The highest BCUT2D eigenvalue weighted by Gasteiger charge is 2.25. The number of rotatable bonds is 5. The van der Waals surface area contributed by atoms with Crippen molar-refractivity contribution in [2.45, 2.75) is 43.8 Å². The van der Waals surface area contributed by atoms with Crippen LogP contribution < -0.4 is 5.56 Å². The number of aromatic nitrogens is 5. The summed E-state index contributed by atoms with van der Waals surface area (Å²) in [4.78, 5) is 25.7. The summed E-state index contributed by atoms with van der Waals surface area (Å²) in [6.07, 6.45) is 6.96. The van der Waals surface area contributed by atoms with Crippen LogP contribution in [0.25, 0.3) is 16.9 Å². The third kappa shape index (κ3) is 2.86. The van der Waals surface area contributed by atoms with E-state index in [0.717, 1.165) is 31.2 Å². The Morgan fingerprint density at radius 1 is 1.32 bits per heavy atom. The molecule has 28 heavy (non-hydrogen) atoms. The summed E-state index contributed by atoms with van der Waals surface area (Å²) < 4.78 is 26.9. The van der Waals surface area contributed by atoms with Crippen molar-refractivity contribution in [2.75, 3.05) is 6.26 Å². The van der Waals surface area contributed by atoms with Gasteiger partial charge in [-0.3, -0.25) is 4.79 Å².